The van der Waals surface area contributed by atoms with Crippen LogP contribution in [0.2, 0.25) is 0 Å². The van der Waals surface area contributed by atoms with Crippen LogP contribution in [-0.2, 0) is 4.74 Å². The van der Waals surface area contributed by atoms with Gasteiger partial charge in [-0.2, -0.15) is 0 Å². The molecule has 4 nitrogen and oxygen atoms in total. The molecule has 0 amide bonds. The Hall–Kier alpha value is -1.29. The number of pyridine rings is 1. The van der Waals surface area contributed by atoms with E-state index in [2.05, 4.69) is 37.1 Å². The van der Waals surface area contributed by atoms with E-state index < -0.39 is 0 Å². The lowest BCUT2D eigenvalue weighted by Crippen LogP contribution is -2.59. The molecule has 1 aliphatic carbocycles. The standard InChI is InChI=1S/C16H27N3O/c1-6-16(3)13(11-14(16)20-7-2)18-12-9-8-10-17-15(12)19(4)5/h8-10,13-14,18H,6-7,11H2,1-5H3. The highest BCUT2D eigenvalue weighted by Gasteiger charge is 2.51. The molecule has 1 aromatic rings. The minimum atomic E-state index is 0.204. The molecule has 3 unspecified atom stereocenters. The maximum atomic E-state index is 5.86. The first kappa shape index (κ1) is 15.1. The third-order valence-electron chi connectivity index (χ3n) is 4.65. The fourth-order valence-corrected chi connectivity index (χ4v) is 3.03. The topological polar surface area (TPSA) is 37.4 Å². The Morgan fingerprint density at radius 3 is 2.80 bits per heavy atom. The Bertz CT molecular complexity index is 449. The molecule has 2 rings (SSSR count). The SMILES string of the molecule is CCOC1CC(Nc2cccnc2N(C)C)C1(C)CC. The number of hydrogen-bond donors (Lipinski definition) is 1. The zero-order valence-corrected chi connectivity index (χ0v) is 13.3. The highest BCUT2D eigenvalue weighted by Crippen LogP contribution is 2.47. The van der Waals surface area contributed by atoms with E-state index in [1.54, 1.807) is 0 Å². The lowest BCUT2D eigenvalue weighted by atomic mass is 9.61. The Balaban J connectivity index is 2.12. The summed E-state index contributed by atoms with van der Waals surface area (Å²) in [6.45, 7) is 7.43. The predicted molar refractivity (Wildman–Crippen MR) is 84.4 cm³/mol. The summed E-state index contributed by atoms with van der Waals surface area (Å²) in [5.74, 6) is 0.991. The second-order valence-electron chi connectivity index (χ2n) is 6.00. The molecule has 112 valence electrons. The zero-order chi connectivity index (χ0) is 14.8. The second kappa shape index (κ2) is 6.00. The Labute approximate surface area is 122 Å². The third-order valence-corrected chi connectivity index (χ3v) is 4.65. The summed E-state index contributed by atoms with van der Waals surface area (Å²) in [5, 5.41) is 3.67. The normalized spacial score (nSPS) is 28.9. The van der Waals surface area contributed by atoms with Crippen molar-refractivity contribution in [2.75, 3.05) is 30.9 Å². The average molecular weight is 277 g/mol. The fraction of sp³-hybridized carbons (Fsp3) is 0.688. The molecule has 0 bridgehead atoms. The maximum absolute atomic E-state index is 5.86. The van der Waals surface area contributed by atoms with Crippen LogP contribution < -0.4 is 10.2 Å². The van der Waals surface area contributed by atoms with Gasteiger partial charge in [0.25, 0.3) is 0 Å². The molecule has 0 saturated heterocycles. The van der Waals surface area contributed by atoms with Crippen molar-refractivity contribution in [1.82, 2.24) is 4.98 Å². The van der Waals surface area contributed by atoms with E-state index in [1.165, 1.54) is 0 Å². The van der Waals surface area contributed by atoms with E-state index in [0.717, 1.165) is 31.0 Å². The van der Waals surface area contributed by atoms with Crippen molar-refractivity contribution in [3.63, 3.8) is 0 Å². The van der Waals surface area contributed by atoms with Crippen LogP contribution in [0.5, 0.6) is 0 Å². The molecule has 1 aliphatic rings. The van der Waals surface area contributed by atoms with Gasteiger partial charge in [-0.3, -0.25) is 0 Å². The monoisotopic (exact) mass is 277 g/mol. The lowest BCUT2D eigenvalue weighted by molar-refractivity contribution is -0.109. The number of ether oxygens (including phenoxy) is 1. The van der Waals surface area contributed by atoms with Gasteiger partial charge in [0, 0.05) is 38.4 Å². The van der Waals surface area contributed by atoms with Crippen molar-refractivity contribution in [2.24, 2.45) is 5.41 Å². The summed E-state index contributed by atoms with van der Waals surface area (Å²) < 4.78 is 5.86. The third kappa shape index (κ3) is 2.62. The van der Waals surface area contributed by atoms with E-state index in [0.29, 0.717) is 12.1 Å². The van der Waals surface area contributed by atoms with Gasteiger partial charge in [0.15, 0.2) is 5.82 Å². The van der Waals surface area contributed by atoms with Crippen LogP contribution in [-0.4, -0.2) is 37.8 Å². The van der Waals surface area contributed by atoms with Crippen LogP contribution in [0, 0.1) is 5.41 Å². The predicted octanol–water partition coefficient (Wildman–Crippen LogP) is 3.15. The molecule has 0 spiro atoms. The summed E-state index contributed by atoms with van der Waals surface area (Å²) in [6, 6.07) is 4.54. The maximum Gasteiger partial charge on any atom is 0.151 e. The smallest absolute Gasteiger partial charge is 0.151 e. The number of nitrogens with one attached hydrogen (secondary N) is 1. The van der Waals surface area contributed by atoms with E-state index in [1.807, 2.05) is 31.3 Å². The first-order valence-electron chi connectivity index (χ1n) is 7.53. The van der Waals surface area contributed by atoms with Gasteiger partial charge >= 0.3 is 0 Å². The summed E-state index contributed by atoms with van der Waals surface area (Å²) in [4.78, 5) is 6.50. The van der Waals surface area contributed by atoms with Gasteiger partial charge in [-0.05, 0) is 31.9 Å². The minimum absolute atomic E-state index is 0.204. The quantitative estimate of drug-likeness (QED) is 0.866. The molecule has 0 aromatic carbocycles. The van der Waals surface area contributed by atoms with E-state index >= 15 is 0 Å². The summed E-state index contributed by atoms with van der Waals surface area (Å²) in [7, 11) is 4.05. The number of nitrogens with zero attached hydrogens (tertiary/aromatic N) is 2. The molecule has 1 saturated carbocycles. The van der Waals surface area contributed by atoms with Gasteiger partial charge in [-0.15, -0.1) is 0 Å². The highest BCUT2D eigenvalue weighted by atomic mass is 16.5. The van der Waals surface area contributed by atoms with Crippen LogP contribution in [0.4, 0.5) is 11.5 Å². The first-order valence-corrected chi connectivity index (χ1v) is 7.53. The molecular formula is C16H27N3O. The van der Waals surface area contributed by atoms with Crippen LogP contribution in [0.1, 0.15) is 33.6 Å². The van der Waals surface area contributed by atoms with E-state index in [-0.39, 0.29) is 5.41 Å². The van der Waals surface area contributed by atoms with E-state index in [4.69, 9.17) is 4.74 Å². The molecule has 20 heavy (non-hydrogen) atoms. The molecule has 1 aromatic heterocycles. The summed E-state index contributed by atoms with van der Waals surface area (Å²) in [6.07, 6.45) is 4.39. The van der Waals surface area contributed by atoms with Gasteiger partial charge in [0.2, 0.25) is 0 Å². The minimum Gasteiger partial charge on any atom is -0.379 e. The Morgan fingerprint density at radius 1 is 1.45 bits per heavy atom. The van der Waals surface area contributed by atoms with Crippen molar-refractivity contribution in [1.29, 1.82) is 0 Å². The van der Waals surface area contributed by atoms with Crippen LogP contribution in [0.25, 0.3) is 0 Å². The number of rotatable bonds is 6. The van der Waals surface area contributed by atoms with E-state index in [9.17, 15) is 0 Å². The molecule has 1 N–H and O–H groups in total. The van der Waals surface area contributed by atoms with Crippen LogP contribution in [0.15, 0.2) is 18.3 Å². The molecule has 0 radical (unpaired) electrons. The summed E-state index contributed by atoms with van der Waals surface area (Å²) >= 11 is 0. The molecule has 0 aliphatic heterocycles. The fourth-order valence-electron chi connectivity index (χ4n) is 3.03. The molecular weight excluding hydrogens is 250 g/mol. The summed E-state index contributed by atoms with van der Waals surface area (Å²) in [5.41, 5.74) is 1.31. The lowest BCUT2D eigenvalue weighted by Gasteiger charge is -2.54. The van der Waals surface area contributed by atoms with Gasteiger partial charge < -0.3 is 15.0 Å². The molecule has 1 heterocycles. The first-order chi connectivity index (χ1) is 9.52. The van der Waals surface area contributed by atoms with Crippen molar-refractivity contribution in [3.05, 3.63) is 18.3 Å². The largest absolute Gasteiger partial charge is 0.379 e. The second-order valence-corrected chi connectivity index (χ2v) is 6.00. The van der Waals surface area contributed by atoms with Crippen molar-refractivity contribution in [3.8, 4) is 0 Å². The molecule has 1 fully saturated rings. The van der Waals surface area contributed by atoms with Gasteiger partial charge in [0.05, 0.1) is 11.8 Å². The average Bonchev–Trinajstić information content (AvgIpc) is 2.45. The van der Waals surface area contributed by atoms with Crippen LogP contribution in [0.3, 0.4) is 0 Å². The number of anilines is 2. The van der Waals surface area contributed by atoms with Crippen molar-refractivity contribution in [2.45, 2.75) is 45.8 Å². The number of aromatic nitrogens is 1. The van der Waals surface area contributed by atoms with Gasteiger partial charge in [-0.25, -0.2) is 4.98 Å². The van der Waals surface area contributed by atoms with Crippen molar-refractivity contribution < 1.29 is 4.74 Å². The Morgan fingerprint density at radius 2 is 2.20 bits per heavy atom. The Kier molecular flexibility index (Phi) is 4.53. The number of hydrogen-bond acceptors (Lipinski definition) is 4. The van der Waals surface area contributed by atoms with Crippen molar-refractivity contribution >= 4 is 11.5 Å². The van der Waals surface area contributed by atoms with Crippen LogP contribution >= 0.6 is 0 Å². The van der Waals surface area contributed by atoms with Gasteiger partial charge in [0.1, 0.15) is 0 Å². The van der Waals surface area contributed by atoms with Gasteiger partial charge in [-0.1, -0.05) is 13.8 Å². The zero-order valence-electron chi connectivity index (χ0n) is 13.3. The highest BCUT2D eigenvalue weighted by molar-refractivity contribution is 5.65. The molecule has 3 atom stereocenters. The molecule has 4 heteroatoms.